The number of aromatic nitrogens is 2. The van der Waals surface area contributed by atoms with E-state index in [1.54, 1.807) is 24.4 Å². The van der Waals surface area contributed by atoms with Crippen LogP contribution < -0.4 is 20.3 Å². The van der Waals surface area contributed by atoms with E-state index in [2.05, 4.69) is 27.4 Å². The number of hydrogen-bond donors (Lipinski definition) is 2. The largest absolute Gasteiger partial charge is 0.477 e. The predicted octanol–water partition coefficient (Wildman–Crippen LogP) is 4.68. The van der Waals surface area contributed by atoms with Crippen molar-refractivity contribution in [1.82, 2.24) is 25.5 Å². The van der Waals surface area contributed by atoms with E-state index < -0.39 is 0 Å². The molecule has 0 spiro atoms. The van der Waals surface area contributed by atoms with Crippen LogP contribution in [0.2, 0.25) is 10.0 Å². The smallest absolute Gasteiger partial charge is 0.272 e. The number of hydrogen-bond acceptors (Lipinski definition) is 7. The number of halogens is 2. The van der Waals surface area contributed by atoms with E-state index in [-0.39, 0.29) is 23.9 Å². The zero-order valence-corrected chi connectivity index (χ0v) is 24.7. The molecule has 2 N–H and O–H groups in total. The zero-order chi connectivity index (χ0) is 28.9. The Morgan fingerprint density at radius 2 is 2.00 bits per heavy atom. The summed E-state index contributed by atoms with van der Waals surface area (Å²) in [5.41, 5.74) is 2.85. The lowest BCUT2D eigenvalue weighted by molar-refractivity contribution is 0.0720. The Bertz CT molecular complexity index is 1410. The third kappa shape index (κ3) is 6.42. The second-order valence-electron chi connectivity index (χ2n) is 10.1. The molecule has 2 amide bonds. The van der Waals surface area contributed by atoms with Crippen molar-refractivity contribution in [2.45, 2.75) is 38.8 Å². The van der Waals surface area contributed by atoms with E-state index in [4.69, 9.17) is 32.9 Å². The molecule has 0 radical (unpaired) electrons. The number of benzene rings is 1. The molecule has 9 nitrogen and oxygen atoms in total. The van der Waals surface area contributed by atoms with Crippen molar-refractivity contribution in [3.8, 4) is 17.1 Å². The van der Waals surface area contributed by atoms with Crippen molar-refractivity contribution >= 4 is 40.7 Å². The summed E-state index contributed by atoms with van der Waals surface area (Å²) in [7, 11) is 0. The highest BCUT2D eigenvalue weighted by molar-refractivity contribution is 6.36. The first-order valence-corrected chi connectivity index (χ1v) is 14.8. The van der Waals surface area contributed by atoms with Gasteiger partial charge in [0.25, 0.3) is 11.8 Å². The van der Waals surface area contributed by atoms with E-state index in [9.17, 15) is 9.59 Å². The topological polar surface area (TPSA) is 99.7 Å². The van der Waals surface area contributed by atoms with Crippen LogP contribution in [0.5, 0.6) is 5.88 Å². The fourth-order valence-corrected chi connectivity index (χ4v) is 5.90. The lowest BCUT2D eigenvalue weighted by Gasteiger charge is -2.43. The minimum absolute atomic E-state index is 0.0245. The van der Waals surface area contributed by atoms with E-state index in [0.717, 1.165) is 37.2 Å². The first-order chi connectivity index (χ1) is 19.9. The average Bonchev–Trinajstić information content (AvgIpc) is 3.50. The molecule has 4 heterocycles. The molecule has 41 heavy (non-hydrogen) atoms. The van der Waals surface area contributed by atoms with Gasteiger partial charge in [-0.3, -0.25) is 9.59 Å². The van der Waals surface area contributed by atoms with Crippen molar-refractivity contribution in [3.63, 3.8) is 0 Å². The second kappa shape index (κ2) is 13.1. The van der Waals surface area contributed by atoms with Gasteiger partial charge in [-0.25, -0.2) is 9.97 Å². The number of carbonyl (C=O) groups excluding carboxylic acids is 2. The van der Waals surface area contributed by atoms with Gasteiger partial charge in [-0.15, -0.1) is 0 Å². The number of pyridine rings is 2. The number of piperazine rings is 1. The number of rotatable bonds is 8. The van der Waals surface area contributed by atoms with Gasteiger partial charge < -0.3 is 25.2 Å². The lowest BCUT2D eigenvalue weighted by atomic mass is 10.0. The molecular formula is C30H34Cl2N6O3. The first-order valence-electron chi connectivity index (χ1n) is 14.0. The van der Waals surface area contributed by atoms with Crippen molar-refractivity contribution in [1.29, 1.82) is 0 Å². The minimum Gasteiger partial charge on any atom is -0.477 e. The monoisotopic (exact) mass is 596 g/mol. The minimum atomic E-state index is -0.223. The molecule has 0 aliphatic carbocycles. The van der Waals surface area contributed by atoms with Crippen LogP contribution in [0.4, 0.5) is 5.69 Å². The molecule has 2 aliphatic rings. The molecule has 2 atom stereocenters. The van der Waals surface area contributed by atoms with Crippen molar-refractivity contribution in [2.24, 2.45) is 0 Å². The highest BCUT2D eigenvalue weighted by atomic mass is 35.5. The van der Waals surface area contributed by atoms with Crippen LogP contribution in [-0.4, -0.2) is 78.1 Å². The van der Waals surface area contributed by atoms with Crippen molar-refractivity contribution in [3.05, 3.63) is 70.0 Å². The van der Waals surface area contributed by atoms with E-state index >= 15 is 0 Å². The van der Waals surface area contributed by atoms with Gasteiger partial charge >= 0.3 is 0 Å². The Hall–Kier alpha value is -3.40. The van der Waals surface area contributed by atoms with Gasteiger partial charge in [-0.2, -0.15) is 0 Å². The molecule has 0 unspecified atom stereocenters. The molecule has 1 aromatic carbocycles. The summed E-state index contributed by atoms with van der Waals surface area (Å²) in [5.74, 6) is 0.115. The second-order valence-corrected chi connectivity index (χ2v) is 11.0. The summed E-state index contributed by atoms with van der Waals surface area (Å²) in [6, 6.07) is 12.5. The van der Waals surface area contributed by atoms with Crippen LogP contribution in [0, 0.1) is 0 Å². The zero-order valence-electron chi connectivity index (χ0n) is 23.2. The third-order valence-electron chi connectivity index (χ3n) is 7.52. The summed E-state index contributed by atoms with van der Waals surface area (Å²) >= 11 is 12.4. The maximum Gasteiger partial charge on any atom is 0.272 e. The maximum absolute atomic E-state index is 13.7. The van der Waals surface area contributed by atoms with Gasteiger partial charge in [0.2, 0.25) is 5.88 Å². The molecule has 2 aliphatic heterocycles. The number of carbonyl (C=O) groups is 2. The molecule has 0 bridgehead atoms. The molecule has 2 saturated heterocycles. The quantitative estimate of drug-likeness (QED) is 0.389. The molecule has 11 heteroatoms. The van der Waals surface area contributed by atoms with Crippen LogP contribution >= 0.6 is 23.2 Å². The van der Waals surface area contributed by atoms with Crippen LogP contribution in [0.15, 0.2) is 48.7 Å². The summed E-state index contributed by atoms with van der Waals surface area (Å²) in [6.45, 7) is 7.54. The van der Waals surface area contributed by atoms with Crippen LogP contribution in [0.3, 0.4) is 0 Å². The van der Waals surface area contributed by atoms with Crippen LogP contribution in [-0.2, 0) is 0 Å². The van der Waals surface area contributed by atoms with E-state index in [1.165, 1.54) is 0 Å². The van der Waals surface area contributed by atoms with Crippen LogP contribution in [0.1, 0.15) is 47.5 Å². The highest BCUT2D eigenvalue weighted by Gasteiger charge is 2.33. The fourth-order valence-electron chi connectivity index (χ4n) is 5.41. The number of amides is 2. The summed E-state index contributed by atoms with van der Waals surface area (Å²) in [4.78, 5) is 40.3. The number of ether oxygens (including phenoxy) is 1. The Labute approximate surface area is 250 Å². The highest BCUT2D eigenvalue weighted by Crippen LogP contribution is 2.32. The van der Waals surface area contributed by atoms with Gasteiger partial charge in [0.15, 0.2) is 5.69 Å². The molecule has 5 rings (SSSR count). The number of nitrogens with one attached hydrogen (secondary N) is 2. The SMILES string of the molecule is CCOc1ncccc1-c1ccc(N2CCN(C(=O)c3ccc(Cl)cc3Cl)C[C@H]2CC)c(C(=O)N[C@@H]2CCNC2)n1. The summed E-state index contributed by atoms with van der Waals surface area (Å²) in [6.07, 6.45) is 3.31. The van der Waals surface area contributed by atoms with Gasteiger partial charge in [0, 0.05) is 49.5 Å². The van der Waals surface area contributed by atoms with Crippen LogP contribution in [0.25, 0.3) is 11.3 Å². The molecule has 216 valence electrons. The van der Waals surface area contributed by atoms with Gasteiger partial charge in [0.1, 0.15) is 0 Å². The van der Waals surface area contributed by atoms with E-state index in [0.29, 0.717) is 59.1 Å². The summed E-state index contributed by atoms with van der Waals surface area (Å²) in [5, 5.41) is 7.27. The standard InChI is InChI=1S/C30H34Cl2N6O3/c1-3-21-18-37(30(40)22-8-7-19(31)16-24(22)32)14-15-38(21)26-10-9-25(23-6-5-12-34-29(23)41-4-2)36-27(26)28(39)35-20-11-13-33-17-20/h5-10,12,16,20-21,33H,3-4,11,13-15,17-18H2,1-2H3,(H,35,39)/t20-,21-/m1/s1. The normalized spacial score (nSPS) is 18.8. The molecule has 3 aromatic rings. The first kappa shape index (κ1) is 29.1. The van der Waals surface area contributed by atoms with E-state index in [1.807, 2.05) is 36.1 Å². The molecule has 2 aromatic heterocycles. The third-order valence-corrected chi connectivity index (χ3v) is 8.07. The number of anilines is 1. The predicted molar refractivity (Wildman–Crippen MR) is 161 cm³/mol. The Morgan fingerprint density at radius 1 is 1.15 bits per heavy atom. The van der Waals surface area contributed by atoms with Gasteiger partial charge in [-0.05, 0) is 68.8 Å². The maximum atomic E-state index is 13.7. The lowest BCUT2D eigenvalue weighted by Crippen LogP contribution is -2.55. The Balaban J connectivity index is 1.46. The van der Waals surface area contributed by atoms with Crippen molar-refractivity contribution < 1.29 is 14.3 Å². The molecule has 0 saturated carbocycles. The number of nitrogens with zero attached hydrogens (tertiary/aromatic N) is 4. The van der Waals surface area contributed by atoms with Gasteiger partial charge in [0.05, 0.1) is 34.1 Å². The summed E-state index contributed by atoms with van der Waals surface area (Å²) < 4.78 is 5.74. The molecule has 2 fully saturated rings. The average molecular weight is 598 g/mol. The molecular weight excluding hydrogens is 563 g/mol. The Morgan fingerprint density at radius 3 is 2.73 bits per heavy atom. The van der Waals surface area contributed by atoms with Crippen molar-refractivity contribution in [2.75, 3.05) is 44.2 Å². The van der Waals surface area contributed by atoms with Gasteiger partial charge in [-0.1, -0.05) is 30.1 Å². The Kier molecular flexibility index (Phi) is 9.27. The fraction of sp³-hybridized carbons (Fsp3) is 0.400.